The number of aliphatic imine (C=N–C) groups is 1. The lowest BCUT2D eigenvalue weighted by Crippen LogP contribution is -2.22. The summed E-state index contributed by atoms with van der Waals surface area (Å²) in [5, 5.41) is 2.80. The van der Waals surface area contributed by atoms with E-state index in [1.807, 2.05) is 25.1 Å². The molecule has 3 N–H and O–H groups in total. The van der Waals surface area contributed by atoms with Crippen molar-refractivity contribution < 1.29 is 22.6 Å². The molecule has 0 fully saturated rings. The van der Waals surface area contributed by atoms with E-state index < -0.39 is 6.36 Å². The molecule has 0 aliphatic heterocycles. The van der Waals surface area contributed by atoms with Crippen LogP contribution in [0.5, 0.6) is 11.5 Å². The number of guanidine groups is 1. The maximum atomic E-state index is 12.1. The van der Waals surface area contributed by atoms with Crippen molar-refractivity contribution in [1.29, 1.82) is 0 Å². The Balaban J connectivity index is 1.99. The number of nitrogens with one attached hydrogen (secondary N) is 1. The van der Waals surface area contributed by atoms with Gasteiger partial charge >= 0.3 is 6.36 Å². The Labute approximate surface area is 143 Å². The zero-order chi connectivity index (χ0) is 18.4. The van der Waals surface area contributed by atoms with Crippen LogP contribution >= 0.6 is 0 Å². The molecular weight excluding hydrogens is 335 g/mol. The van der Waals surface area contributed by atoms with E-state index in [4.69, 9.17) is 10.5 Å². The summed E-state index contributed by atoms with van der Waals surface area (Å²) in [6.45, 7) is 2.26. The lowest BCUT2D eigenvalue weighted by Gasteiger charge is -2.11. The van der Waals surface area contributed by atoms with Gasteiger partial charge in [0.1, 0.15) is 11.5 Å². The Morgan fingerprint density at radius 2 is 1.84 bits per heavy atom. The second-order valence-electron chi connectivity index (χ2n) is 5.21. The minimum atomic E-state index is -4.72. The zero-order valence-corrected chi connectivity index (χ0v) is 13.7. The van der Waals surface area contributed by atoms with E-state index >= 15 is 0 Å². The Kier molecular flexibility index (Phi) is 5.74. The molecule has 0 aliphatic rings. The molecule has 0 saturated carbocycles. The molecule has 0 amide bonds. The van der Waals surface area contributed by atoms with Crippen LogP contribution in [0.3, 0.4) is 0 Å². The summed E-state index contributed by atoms with van der Waals surface area (Å²) < 4.78 is 45.4. The smallest absolute Gasteiger partial charge is 0.496 e. The number of benzene rings is 2. The van der Waals surface area contributed by atoms with Gasteiger partial charge in [0.05, 0.1) is 13.7 Å². The predicted molar refractivity (Wildman–Crippen MR) is 89.8 cm³/mol. The van der Waals surface area contributed by atoms with Gasteiger partial charge in [0.15, 0.2) is 5.96 Å². The molecule has 134 valence electrons. The van der Waals surface area contributed by atoms with Crippen molar-refractivity contribution in [3.8, 4) is 11.5 Å². The standard InChI is InChI=1S/C17H18F3N3O2/c1-11-3-4-12(15(9-11)24-2)10-22-16(21)23-13-5-7-14(8-6-13)25-17(18,19)20/h3-9H,10H2,1-2H3,(H3,21,22,23). The Morgan fingerprint density at radius 3 is 2.44 bits per heavy atom. The van der Waals surface area contributed by atoms with Crippen LogP contribution in [0.1, 0.15) is 11.1 Å². The second kappa shape index (κ2) is 7.78. The number of ether oxygens (including phenoxy) is 2. The molecule has 0 unspecified atom stereocenters. The van der Waals surface area contributed by atoms with E-state index in [2.05, 4.69) is 15.0 Å². The average Bonchev–Trinajstić information content (AvgIpc) is 2.54. The van der Waals surface area contributed by atoms with Crippen molar-refractivity contribution in [2.75, 3.05) is 12.4 Å². The van der Waals surface area contributed by atoms with Gasteiger partial charge in [-0.1, -0.05) is 12.1 Å². The first-order chi connectivity index (χ1) is 11.8. The number of hydrogen-bond acceptors (Lipinski definition) is 3. The molecule has 0 aromatic heterocycles. The van der Waals surface area contributed by atoms with Gasteiger partial charge in [-0.15, -0.1) is 13.2 Å². The second-order valence-corrected chi connectivity index (χ2v) is 5.21. The zero-order valence-electron chi connectivity index (χ0n) is 13.7. The molecule has 2 aromatic carbocycles. The Morgan fingerprint density at radius 1 is 1.16 bits per heavy atom. The molecule has 0 spiro atoms. The average molecular weight is 353 g/mol. The fourth-order valence-electron chi connectivity index (χ4n) is 2.08. The van der Waals surface area contributed by atoms with Crippen molar-refractivity contribution in [1.82, 2.24) is 0 Å². The van der Waals surface area contributed by atoms with E-state index in [9.17, 15) is 13.2 Å². The van der Waals surface area contributed by atoms with Crippen LogP contribution in [-0.2, 0) is 6.54 Å². The summed E-state index contributed by atoms with van der Waals surface area (Å²) in [6.07, 6.45) is -4.72. The molecule has 5 nitrogen and oxygen atoms in total. The topological polar surface area (TPSA) is 68.9 Å². The number of hydrogen-bond donors (Lipinski definition) is 2. The number of aryl methyl sites for hydroxylation is 1. The molecule has 0 heterocycles. The molecule has 2 rings (SSSR count). The highest BCUT2D eigenvalue weighted by molar-refractivity contribution is 5.92. The molecular formula is C17H18F3N3O2. The number of nitrogens with two attached hydrogens (primary N) is 1. The third kappa shape index (κ3) is 5.91. The number of alkyl halides is 3. The Hall–Kier alpha value is -2.90. The fourth-order valence-corrected chi connectivity index (χ4v) is 2.08. The molecule has 0 radical (unpaired) electrons. The molecule has 8 heteroatoms. The predicted octanol–water partition coefficient (Wildman–Crippen LogP) is 3.83. The van der Waals surface area contributed by atoms with E-state index in [0.717, 1.165) is 11.1 Å². The summed E-state index contributed by atoms with van der Waals surface area (Å²) in [4.78, 5) is 4.20. The number of anilines is 1. The molecule has 2 aromatic rings. The molecule has 0 aliphatic carbocycles. The van der Waals surface area contributed by atoms with Crippen LogP contribution in [0, 0.1) is 6.92 Å². The third-order valence-corrected chi connectivity index (χ3v) is 3.22. The van der Waals surface area contributed by atoms with E-state index in [1.54, 1.807) is 7.11 Å². The largest absolute Gasteiger partial charge is 0.573 e. The third-order valence-electron chi connectivity index (χ3n) is 3.22. The van der Waals surface area contributed by atoms with Gasteiger partial charge in [-0.25, -0.2) is 4.99 Å². The van der Waals surface area contributed by atoms with E-state index in [0.29, 0.717) is 18.0 Å². The van der Waals surface area contributed by atoms with Crippen LogP contribution in [0.2, 0.25) is 0 Å². The normalized spacial score (nSPS) is 12.0. The summed E-state index contributed by atoms with van der Waals surface area (Å²) >= 11 is 0. The monoisotopic (exact) mass is 353 g/mol. The minimum absolute atomic E-state index is 0.132. The first-order valence-electron chi connectivity index (χ1n) is 7.33. The summed E-state index contributed by atoms with van der Waals surface area (Å²) in [5.41, 5.74) is 8.23. The van der Waals surface area contributed by atoms with Crippen LogP contribution in [0.15, 0.2) is 47.5 Å². The minimum Gasteiger partial charge on any atom is -0.496 e. The van der Waals surface area contributed by atoms with Crippen LogP contribution in [-0.4, -0.2) is 19.4 Å². The lowest BCUT2D eigenvalue weighted by molar-refractivity contribution is -0.274. The van der Waals surface area contributed by atoms with Crippen LogP contribution < -0.4 is 20.5 Å². The molecule has 25 heavy (non-hydrogen) atoms. The summed E-state index contributed by atoms with van der Waals surface area (Å²) in [6, 6.07) is 10.9. The lowest BCUT2D eigenvalue weighted by atomic mass is 10.1. The van der Waals surface area contributed by atoms with Crippen molar-refractivity contribution in [3.63, 3.8) is 0 Å². The van der Waals surface area contributed by atoms with Crippen LogP contribution in [0.4, 0.5) is 18.9 Å². The Bertz CT molecular complexity index is 744. The number of nitrogens with zero attached hydrogens (tertiary/aromatic N) is 1. The van der Waals surface area contributed by atoms with Gasteiger partial charge in [-0.05, 0) is 42.8 Å². The van der Waals surface area contributed by atoms with Crippen molar-refractivity contribution in [2.24, 2.45) is 10.7 Å². The van der Waals surface area contributed by atoms with Gasteiger partial charge in [-0.2, -0.15) is 0 Å². The van der Waals surface area contributed by atoms with Gasteiger partial charge in [0, 0.05) is 11.3 Å². The highest BCUT2D eigenvalue weighted by Crippen LogP contribution is 2.24. The molecule has 0 bridgehead atoms. The molecule has 0 atom stereocenters. The highest BCUT2D eigenvalue weighted by Gasteiger charge is 2.30. The summed E-state index contributed by atoms with van der Waals surface area (Å²) in [5.74, 6) is 0.537. The number of rotatable bonds is 5. The fraction of sp³-hybridized carbons (Fsp3) is 0.235. The van der Waals surface area contributed by atoms with Crippen molar-refractivity contribution in [3.05, 3.63) is 53.6 Å². The molecule has 0 saturated heterocycles. The maximum absolute atomic E-state index is 12.1. The van der Waals surface area contributed by atoms with Crippen molar-refractivity contribution in [2.45, 2.75) is 19.8 Å². The van der Waals surface area contributed by atoms with Gasteiger partial charge in [0.2, 0.25) is 0 Å². The van der Waals surface area contributed by atoms with E-state index in [1.165, 1.54) is 24.3 Å². The summed E-state index contributed by atoms with van der Waals surface area (Å²) in [7, 11) is 1.58. The quantitative estimate of drug-likeness (QED) is 0.633. The number of methoxy groups -OCH3 is 1. The first kappa shape index (κ1) is 18.4. The highest BCUT2D eigenvalue weighted by atomic mass is 19.4. The van der Waals surface area contributed by atoms with Gasteiger partial charge in [-0.3, -0.25) is 0 Å². The van der Waals surface area contributed by atoms with Gasteiger partial charge < -0.3 is 20.5 Å². The SMILES string of the molecule is COc1cc(C)ccc1CN=C(N)Nc1ccc(OC(F)(F)F)cc1. The van der Waals surface area contributed by atoms with Gasteiger partial charge in [0.25, 0.3) is 0 Å². The number of halogens is 3. The van der Waals surface area contributed by atoms with Crippen molar-refractivity contribution >= 4 is 11.6 Å². The first-order valence-corrected chi connectivity index (χ1v) is 7.33. The van der Waals surface area contributed by atoms with E-state index in [-0.39, 0.29) is 11.7 Å². The maximum Gasteiger partial charge on any atom is 0.573 e. The van der Waals surface area contributed by atoms with Crippen LogP contribution in [0.25, 0.3) is 0 Å².